The van der Waals surface area contributed by atoms with Gasteiger partial charge in [-0.1, -0.05) is 6.92 Å². The Bertz CT molecular complexity index is 796. The second kappa shape index (κ2) is 7.44. The fourth-order valence-electron chi connectivity index (χ4n) is 3.00. The molecule has 1 atom stereocenters. The average molecular weight is 349 g/mol. The summed E-state index contributed by atoms with van der Waals surface area (Å²) in [7, 11) is 0. The first kappa shape index (κ1) is 17.1. The Kier molecular flexibility index (Phi) is 5.30. The molecule has 0 fully saturated rings. The van der Waals surface area contributed by atoms with Crippen LogP contribution < -0.4 is 10.9 Å². The summed E-state index contributed by atoms with van der Waals surface area (Å²) < 4.78 is 0. The molecule has 0 bridgehead atoms. The number of aliphatic hydroxyl groups excluding tert-OH is 1. The molecule has 1 aliphatic carbocycles. The maximum absolute atomic E-state index is 12.4. The molecule has 2 aromatic heterocycles. The number of nitrogens with zero attached hydrogens (tertiary/aromatic N) is 1. The molecule has 2 aromatic rings. The van der Waals surface area contributed by atoms with Crippen molar-refractivity contribution in [3.63, 3.8) is 0 Å². The van der Waals surface area contributed by atoms with Gasteiger partial charge in [-0.2, -0.15) is 0 Å². The molecule has 0 saturated heterocycles. The van der Waals surface area contributed by atoms with Crippen molar-refractivity contribution in [2.24, 2.45) is 5.92 Å². The maximum Gasteiger partial charge on any atom is 0.259 e. The van der Waals surface area contributed by atoms with Crippen LogP contribution in [0.3, 0.4) is 0 Å². The number of amides is 1. The fourth-order valence-corrected chi connectivity index (χ4v) is 4.28. The van der Waals surface area contributed by atoms with Crippen LogP contribution in [0.2, 0.25) is 0 Å². The Morgan fingerprint density at radius 1 is 1.42 bits per heavy atom. The zero-order valence-corrected chi connectivity index (χ0v) is 14.7. The SMILES string of the molecule is CC(CO)CNC(=O)CCc1nc2sc3c(c2c(=O)[nH]1)CCCC3. The first-order valence-electron chi connectivity index (χ1n) is 8.49. The predicted octanol–water partition coefficient (Wildman–Crippen LogP) is 1.54. The van der Waals surface area contributed by atoms with E-state index in [-0.39, 0.29) is 30.4 Å². The highest BCUT2D eigenvalue weighted by atomic mass is 32.1. The van der Waals surface area contributed by atoms with Crippen LogP contribution in [-0.4, -0.2) is 34.1 Å². The Hall–Kier alpha value is -1.73. The van der Waals surface area contributed by atoms with E-state index in [1.807, 2.05) is 6.92 Å². The summed E-state index contributed by atoms with van der Waals surface area (Å²) in [6, 6.07) is 0. The van der Waals surface area contributed by atoms with E-state index in [4.69, 9.17) is 5.11 Å². The molecule has 130 valence electrons. The molecule has 0 spiro atoms. The second-order valence-corrected chi connectivity index (χ2v) is 7.58. The Morgan fingerprint density at radius 2 is 2.21 bits per heavy atom. The number of nitrogens with one attached hydrogen (secondary N) is 2. The van der Waals surface area contributed by atoms with Gasteiger partial charge in [0.25, 0.3) is 5.56 Å². The molecule has 2 heterocycles. The molecule has 24 heavy (non-hydrogen) atoms. The van der Waals surface area contributed by atoms with Crippen molar-refractivity contribution in [3.05, 3.63) is 26.6 Å². The summed E-state index contributed by atoms with van der Waals surface area (Å²) >= 11 is 1.62. The molecule has 0 aliphatic heterocycles. The summed E-state index contributed by atoms with van der Waals surface area (Å²) in [6.45, 7) is 2.37. The van der Waals surface area contributed by atoms with Gasteiger partial charge >= 0.3 is 0 Å². The van der Waals surface area contributed by atoms with Crippen molar-refractivity contribution >= 4 is 27.5 Å². The highest BCUT2D eigenvalue weighted by Gasteiger charge is 2.19. The highest BCUT2D eigenvalue weighted by Crippen LogP contribution is 2.33. The van der Waals surface area contributed by atoms with Gasteiger partial charge in [0.1, 0.15) is 10.7 Å². The lowest BCUT2D eigenvalue weighted by Gasteiger charge is -2.10. The second-order valence-electron chi connectivity index (χ2n) is 6.50. The number of thiophene rings is 1. The van der Waals surface area contributed by atoms with E-state index in [1.165, 1.54) is 16.9 Å². The van der Waals surface area contributed by atoms with Crippen LogP contribution in [0.25, 0.3) is 10.2 Å². The number of aromatic amines is 1. The summed E-state index contributed by atoms with van der Waals surface area (Å²) in [4.78, 5) is 33.7. The van der Waals surface area contributed by atoms with E-state index in [0.29, 0.717) is 18.8 Å². The van der Waals surface area contributed by atoms with E-state index in [2.05, 4.69) is 15.3 Å². The van der Waals surface area contributed by atoms with Crippen LogP contribution in [0.4, 0.5) is 0 Å². The van der Waals surface area contributed by atoms with Gasteiger partial charge in [-0.15, -0.1) is 11.3 Å². The number of fused-ring (bicyclic) bond motifs is 3. The van der Waals surface area contributed by atoms with Gasteiger partial charge in [-0.05, 0) is 37.2 Å². The Balaban J connectivity index is 1.70. The van der Waals surface area contributed by atoms with Crippen molar-refractivity contribution in [1.82, 2.24) is 15.3 Å². The fraction of sp³-hybridized carbons (Fsp3) is 0.588. The zero-order chi connectivity index (χ0) is 17.1. The third-order valence-corrected chi connectivity index (χ3v) is 5.61. The number of H-pyrrole nitrogens is 1. The Morgan fingerprint density at radius 3 is 3.00 bits per heavy atom. The number of rotatable bonds is 6. The van der Waals surface area contributed by atoms with Gasteiger partial charge in [-0.3, -0.25) is 9.59 Å². The molecule has 0 aromatic carbocycles. The average Bonchev–Trinajstić information content (AvgIpc) is 2.96. The van der Waals surface area contributed by atoms with E-state index in [1.54, 1.807) is 11.3 Å². The zero-order valence-electron chi connectivity index (χ0n) is 13.9. The van der Waals surface area contributed by atoms with Crippen molar-refractivity contribution < 1.29 is 9.90 Å². The summed E-state index contributed by atoms with van der Waals surface area (Å²) in [5.41, 5.74) is 1.10. The third kappa shape index (κ3) is 3.67. The lowest BCUT2D eigenvalue weighted by atomic mass is 9.97. The first-order chi connectivity index (χ1) is 11.6. The molecule has 1 aliphatic rings. The number of carbonyl (C=O) groups excluding carboxylic acids is 1. The van der Waals surface area contributed by atoms with Gasteiger partial charge in [0.05, 0.1) is 5.39 Å². The summed E-state index contributed by atoms with van der Waals surface area (Å²) in [6.07, 6.45) is 5.00. The molecule has 1 unspecified atom stereocenters. The molecular formula is C17H23N3O3S. The van der Waals surface area contributed by atoms with Crippen LogP contribution in [0.1, 0.15) is 42.5 Å². The van der Waals surface area contributed by atoms with E-state index in [0.717, 1.165) is 29.5 Å². The maximum atomic E-state index is 12.4. The number of aryl methyl sites for hydroxylation is 3. The minimum absolute atomic E-state index is 0.0423. The van der Waals surface area contributed by atoms with Crippen LogP contribution in [0.5, 0.6) is 0 Å². The van der Waals surface area contributed by atoms with Gasteiger partial charge < -0.3 is 15.4 Å². The molecule has 0 saturated carbocycles. The van der Waals surface area contributed by atoms with E-state index >= 15 is 0 Å². The van der Waals surface area contributed by atoms with Crippen molar-refractivity contribution in [3.8, 4) is 0 Å². The van der Waals surface area contributed by atoms with Gasteiger partial charge in [0.2, 0.25) is 5.91 Å². The monoisotopic (exact) mass is 349 g/mol. The van der Waals surface area contributed by atoms with Crippen molar-refractivity contribution in [2.75, 3.05) is 13.2 Å². The van der Waals surface area contributed by atoms with E-state index < -0.39 is 0 Å². The lowest BCUT2D eigenvalue weighted by molar-refractivity contribution is -0.121. The van der Waals surface area contributed by atoms with Crippen LogP contribution in [0, 0.1) is 5.92 Å². The molecule has 3 rings (SSSR count). The standard InChI is InChI=1S/C17H23N3O3S/c1-10(9-21)8-18-14(22)7-6-13-19-16(23)15-11-4-2-3-5-12(11)24-17(15)20-13/h10,21H,2-9H2,1H3,(H,18,22)(H,19,20,23). The van der Waals surface area contributed by atoms with Crippen molar-refractivity contribution in [2.45, 2.75) is 45.4 Å². The van der Waals surface area contributed by atoms with Crippen LogP contribution in [-0.2, 0) is 24.1 Å². The minimum atomic E-state index is -0.0940. The van der Waals surface area contributed by atoms with Gasteiger partial charge in [0.15, 0.2) is 0 Å². The van der Waals surface area contributed by atoms with Gasteiger partial charge in [-0.25, -0.2) is 4.98 Å². The van der Waals surface area contributed by atoms with Gasteiger partial charge in [0, 0.05) is 30.9 Å². The predicted molar refractivity (Wildman–Crippen MR) is 94.5 cm³/mol. The number of hydrogen-bond acceptors (Lipinski definition) is 5. The lowest BCUT2D eigenvalue weighted by Crippen LogP contribution is -2.29. The van der Waals surface area contributed by atoms with Crippen molar-refractivity contribution in [1.29, 1.82) is 0 Å². The molecule has 6 nitrogen and oxygen atoms in total. The number of aliphatic hydroxyl groups is 1. The highest BCUT2D eigenvalue weighted by molar-refractivity contribution is 7.18. The molecule has 0 radical (unpaired) electrons. The quantitative estimate of drug-likeness (QED) is 0.737. The number of hydrogen-bond donors (Lipinski definition) is 3. The first-order valence-corrected chi connectivity index (χ1v) is 9.31. The van der Waals surface area contributed by atoms with Crippen LogP contribution in [0.15, 0.2) is 4.79 Å². The molecule has 7 heteroatoms. The number of aromatic nitrogens is 2. The molecule has 3 N–H and O–H groups in total. The normalized spacial score (nSPS) is 15.2. The number of carbonyl (C=O) groups is 1. The van der Waals surface area contributed by atoms with E-state index in [9.17, 15) is 9.59 Å². The topological polar surface area (TPSA) is 95.1 Å². The summed E-state index contributed by atoms with van der Waals surface area (Å²) in [5.74, 6) is 0.514. The minimum Gasteiger partial charge on any atom is -0.396 e. The third-order valence-electron chi connectivity index (χ3n) is 4.42. The smallest absolute Gasteiger partial charge is 0.259 e. The molecule has 1 amide bonds. The largest absolute Gasteiger partial charge is 0.396 e. The van der Waals surface area contributed by atoms with Crippen LogP contribution >= 0.6 is 11.3 Å². The Labute approximate surface area is 144 Å². The molecular weight excluding hydrogens is 326 g/mol. The summed E-state index contributed by atoms with van der Waals surface area (Å²) in [5, 5.41) is 12.5.